The minimum Gasteiger partial charge on any atom is -0.508 e. The maximum atomic E-state index is 16.7. The Hall–Kier alpha value is -3.70. The van der Waals surface area contributed by atoms with Crippen LogP contribution in [0.5, 0.6) is 11.8 Å². The Morgan fingerprint density at radius 1 is 1.12 bits per heavy atom. The number of phenolic OH excluding ortho intramolecular Hbond substituents is 1. The zero-order valence-electron chi connectivity index (χ0n) is 24.0. The summed E-state index contributed by atoms with van der Waals surface area (Å²) in [7, 11) is 0. The number of aromatic hydroxyl groups is 1. The number of aliphatic hydroxyl groups excluding tert-OH is 1. The molecular formula is C32H34F3N5O3. The van der Waals surface area contributed by atoms with Gasteiger partial charge in [-0.3, -0.25) is 9.88 Å². The molecule has 11 heteroatoms. The number of nitrogens with zero attached hydrogens (tertiary/aromatic N) is 5. The number of benzene rings is 2. The minimum atomic E-state index is -0.923. The van der Waals surface area contributed by atoms with Crippen molar-refractivity contribution in [1.29, 1.82) is 0 Å². The molecule has 2 aromatic heterocycles. The number of halogens is 3. The molecule has 226 valence electrons. The van der Waals surface area contributed by atoms with Crippen molar-refractivity contribution >= 4 is 27.5 Å². The highest BCUT2D eigenvalue weighted by Gasteiger charge is 2.49. The molecule has 0 spiro atoms. The molecule has 3 fully saturated rings. The van der Waals surface area contributed by atoms with Crippen LogP contribution in [-0.4, -0.2) is 80.7 Å². The van der Waals surface area contributed by atoms with Gasteiger partial charge in [0, 0.05) is 37.8 Å². The molecule has 8 nitrogen and oxygen atoms in total. The van der Waals surface area contributed by atoms with E-state index in [1.54, 1.807) is 6.07 Å². The first-order valence-electron chi connectivity index (χ1n) is 15.0. The van der Waals surface area contributed by atoms with Crippen molar-refractivity contribution in [3.8, 4) is 23.0 Å². The first-order chi connectivity index (χ1) is 20.8. The first kappa shape index (κ1) is 28.1. The molecule has 0 saturated carbocycles. The number of alkyl halides is 1. The fourth-order valence-corrected chi connectivity index (χ4v) is 7.34. The summed E-state index contributed by atoms with van der Waals surface area (Å²) in [5.74, 6) is -0.884. The second kappa shape index (κ2) is 10.8. The van der Waals surface area contributed by atoms with Crippen LogP contribution in [0.3, 0.4) is 0 Å². The van der Waals surface area contributed by atoms with Gasteiger partial charge in [0.1, 0.15) is 41.4 Å². The van der Waals surface area contributed by atoms with Crippen molar-refractivity contribution in [2.45, 2.75) is 63.3 Å². The summed E-state index contributed by atoms with van der Waals surface area (Å²) in [5.41, 5.74) is 0.0856. The van der Waals surface area contributed by atoms with E-state index in [1.165, 1.54) is 24.4 Å². The summed E-state index contributed by atoms with van der Waals surface area (Å²) < 4.78 is 52.1. The normalized spacial score (nSPS) is 24.3. The van der Waals surface area contributed by atoms with Gasteiger partial charge in [0.05, 0.1) is 17.0 Å². The lowest BCUT2D eigenvalue weighted by Gasteiger charge is -2.32. The zero-order valence-corrected chi connectivity index (χ0v) is 24.0. The molecule has 3 aliphatic heterocycles. The average molecular weight is 594 g/mol. The fraction of sp³-hybridized carbons (Fsp3) is 0.469. The number of ether oxygens (including phenoxy) is 1. The van der Waals surface area contributed by atoms with Gasteiger partial charge in [-0.1, -0.05) is 13.0 Å². The van der Waals surface area contributed by atoms with Gasteiger partial charge >= 0.3 is 6.01 Å². The number of piperidine rings is 1. The minimum absolute atomic E-state index is 0.0356. The first-order valence-corrected chi connectivity index (χ1v) is 15.0. The van der Waals surface area contributed by atoms with Gasteiger partial charge in [0.2, 0.25) is 0 Å². The average Bonchev–Trinajstić information content (AvgIpc) is 3.51. The third kappa shape index (κ3) is 4.82. The van der Waals surface area contributed by atoms with E-state index in [4.69, 9.17) is 4.74 Å². The second-order valence-corrected chi connectivity index (χ2v) is 12.1. The Kier molecular flexibility index (Phi) is 7.04. The number of aromatic nitrogens is 3. The Labute approximate surface area is 247 Å². The van der Waals surface area contributed by atoms with Crippen LogP contribution in [0.25, 0.3) is 32.9 Å². The number of pyridine rings is 1. The van der Waals surface area contributed by atoms with Crippen molar-refractivity contribution in [1.82, 2.24) is 19.9 Å². The maximum absolute atomic E-state index is 16.7. The number of hydrogen-bond donors (Lipinski definition) is 2. The van der Waals surface area contributed by atoms with Crippen LogP contribution in [-0.2, 0) is 6.42 Å². The number of anilines is 1. The smallest absolute Gasteiger partial charge is 0.319 e. The number of β-amino-alcohol motifs (C(OH)–C–C–N with tert-alkyl or cyclic N) is 1. The maximum Gasteiger partial charge on any atom is 0.319 e. The van der Waals surface area contributed by atoms with E-state index in [0.717, 1.165) is 25.8 Å². The van der Waals surface area contributed by atoms with E-state index in [2.05, 4.69) is 19.9 Å². The predicted molar refractivity (Wildman–Crippen MR) is 157 cm³/mol. The molecular weight excluding hydrogens is 559 g/mol. The van der Waals surface area contributed by atoms with Gasteiger partial charge in [0.25, 0.3) is 0 Å². The van der Waals surface area contributed by atoms with E-state index >= 15 is 4.39 Å². The number of aryl methyl sites for hydroxylation is 1. The summed E-state index contributed by atoms with van der Waals surface area (Å²) >= 11 is 0. The Balaban J connectivity index is 1.37. The molecule has 0 amide bonds. The fourth-order valence-electron chi connectivity index (χ4n) is 7.34. The van der Waals surface area contributed by atoms with Crippen molar-refractivity contribution in [2.75, 3.05) is 37.7 Å². The van der Waals surface area contributed by atoms with E-state index < -0.39 is 29.4 Å². The van der Waals surface area contributed by atoms with Crippen molar-refractivity contribution < 1.29 is 28.1 Å². The zero-order chi connectivity index (χ0) is 29.9. The molecule has 0 radical (unpaired) electrons. The van der Waals surface area contributed by atoms with Gasteiger partial charge in [-0.2, -0.15) is 9.97 Å². The molecule has 3 saturated heterocycles. The van der Waals surface area contributed by atoms with Gasteiger partial charge < -0.3 is 19.8 Å². The SMILES string of the molecule is CCc1c(F)ccc2cc(O)cc(-c3ncc4c(N5CCCC(O)C5)nc(OC[C@@]56CCCN5C[C@H](F)C6)nc4c3F)c12. The lowest BCUT2D eigenvalue weighted by Crippen LogP contribution is -2.43. The summed E-state index contributed by atoms with van der Waals surface area (Å²) in [5, 5.41) is 22.3. The Bertz CT molecular complexity index is 1720. The van der Waals surface area contributed by atoms with Crippen LogP contribution in [0.15, 0.2) is 30.5 Å². The lowest BCUT2D eigenvalue weighted by molar-refractivity contribution is 0.107. The number of hydrogen-bond acceptors (Lipinski definition) is 8. The van der Waals surface area contributed by atoms with Gasteiger partial charge in [-0.15, -0.1) is 0 Å². The second-order valence-electron chi connectivity index (χ2n) is 12.1. The van der Waals surface area contributed by atoms with E-state index in [9.17, 15) is 19.0 Å². The highest BCUT2D eigenvalue weighted by Crippen LogP contribution is 2.42. The standard InChI is InChI=1S/C32H34F3N5O3/c1-2-22-25(34)7-6-18-11-21(42)12-23(26(18)22)28-27(35)29-24(14-36-28)30(39-9-3-5-20(41)16-39)38-31(37-29)43-17-32-8-4-10-40(32)15-19(33)13-32/h6-7,11-12,14,19-20,41-42H,2-5,8-10,13,15-17H2,1H3/t19-,20?,32+/m1/s1. The van der Waals surface area contributed by atoms with Crippen LogP contribution in [0.4, 0.5) is 19.0 Å². The molecule has 1 unspecified atom stereocenters. The molecule has 0 bridgehead atoms. The quantitative estimate of drug-likeness (QED) is 0.311. The van der Waals surface area contributed by atoms with E-state index in [0.29, 0.717) is 66.4 Å². The summed E-state index contributed by atoms with van der Waals surface area (Å²) in [4.78, 5) is 17.7. The van der Waals surface area contributed by atoms with Crippen molar-refractivity contribution in [3.05, 3.63) is 47.7 Å². The topological polar surface area (TPSA) is 94.8 Å². The number of fused-ring (bicyclic) bond motifs is 3. The number of rotatable bonds is 6. The van der Waals surface area contributed by atoms with Crippen LogP contribution in [0.1, 0.15) is 44.6 Å². The van der Waals surface area contributed by atoms with Gasteiger partial charge in [0.15, 0.2) is 5.82 Å². The lowest BCUT2D eigenvalue weighted by atomic mass is 9.94. The highest BCUT2D eigenvalue weighted by atomic mass is 19.1. The monoisotopic (exact) mass is 593 g/mol. The summed E-state index contributed by atoms with van der Waals surface area (Å²) in [6.45, 7) is 4.09. The van der Waals surface area contributed by atoms with E-state index in [-0.39, 0.29) is 35.1 Å². The van der Waals surface area contributed by atoms with Crippen LogP contribution < -0.4 is 9.64 Å². The van der Waals surface area contributed by atoms with Gasteiger partial charge in [-0.05, 0) is 73.2 Å². The number of phenols is 1. The van der Waals surface area contributed by atoms with Crippen molar-refractivity contribution in [3.63, 3.8) is 0 Å². The van der Waals surface area contributed by atoms with E-state index in [1.807, 2.05) is 11.8 Å². The van der Waals surface area contributed by atoms with Gasteiger partial charge in [-0.25, -0.2) is 13.2 Å². The molecule has 3 atom stereocenters. The van der Waals surface area contributed by atoms with Crippen LogP contribution in [0, 0.1) is 11.6 Å². The molecule has 2 N–H and O–H groups in total. The molecule has 43 heavy (non-hydrogen) atoms. The Morgan fingerprint density at radius 2 is 1.98 bits per heavy atom. The largest absolute Gasteiger partial charge is 0.508 e. The molecule has 7 rings (SSSR count). The predicted octanol–water partition coefficient (Wildman–Crippen LogP) is 5.31. The third-order valence-electron chi connectivity index (χ3n) is 9.33. The van der Waals surface area contributed by atoms with Crippen molar-refractivity contribution in [2.24, 2.45) is 0 Å². The summed E-state index contributed by atoms with van der Waals surface area (Å²) in [6.07, 6.45) is 3.86. The molecule has 3 aliphatic rings. The Morgan fingerprint density at radius 3 is 2.79 bits per heavy atom. The molecule has 2 aromatic carbocycles. The number of aliphatic hydroxyl groups is 1. The molecule has 0 aliphatic carbocycles. The van der Waals surface area contributed by atoms with Crippen LogP contribution >= 0.6 is 0 Å². The third-order valence-corrected chi connectivity index (χ3v) is 9.33. The van der Waals surface area contributed by atoms with Crippen LogP contribution in [0.2, 0.25) is 0 Å². The molecule has 4 aromatic rings. The summed E-state index contributed by atoms with van der Waals surface area (Å²) in [6, 6.07) is 5.76. The molecule has 5 heterocycles. The highest BCUT2D eigenvalue weighted by molar-refractivity contribution is 6.01.